The first kappa shape index (κ1) is 15.5. The molecule has 1 heterocycles. The van der Waals surface area contributed by atoms with Crippen LogP contribution >= 0.6 is 0 Å². The van der Waals surface area contributed by atoms with Gasteiger partial charge in [0.15, 0.2) is 0 Å². The fourth-order valence-corrected chi connectivity index (χ4v) is 3.64. The number of likely N-dealkylation sites (tertiary alicyclic amines) is 1. The summed E-state index contributed by atoms with van der Waals surface area (Å²) < 4.78 is 0. The molecule has 3 heteroatoms. The standard InChI is InChI=1S/C19H28N2O/c1-15-7-3-4-8-17(15)13-21-12-6-11-18(14-21)20(2)19(22)16-9-5-10-16/h3-4,7-8,16,18H,5-6,9-14H2,1-2H3. The molecule has 1 atom stereocenters. The zero-order chi connectivity index (χ0) is 15.5. The van der Waals surface area contributed by atoms with E-state index in [0.717, 1.165) is 38.9 Å². The molecule has 1 unspecified atom stereocenters. The first-order valence-electron chi connectivity index (χ1n) is 8.68. The molecule has 22 heavy (non-hydrogen) atoms. The number of carbonyl (C=O) groups is 1. The third kappa shape index (κ3) is 3.35. The number of carbonyl (C=O) groups excluding carboxylic acids is 1. The minimum absolute atomic E-state index is 0.316. The van der Waals surface area contributed by atoms with Crippen molar-refractivity contribution < 1.29 is 4.79 Å². The van der Waals surface area contributed by atoms with Gasteiger partial charge in [0.05, 0.1) is 0 Å². The molecular formula is C19H28N2O. The lowest BCUT2D eigenvalue weighted by Crippen LogP contribution is -2.50. The third-order valence-corrected chi connectivity index (χ3v) is 5.49. The van der Waals surface area contributed by atoms with Gasteiger partial charge >= 0.3 is 0 Å². The second-order valence-corrected chi connectivity index (χ2v) is 7.03. The molecule has 1 saturated carbocycles. The number of hydrogen-bond acceptors (Lipinski definition) is 2. The lowest BCUT2D eigenvalue weighted by Gasteiger charge is -2.40. The highest BCUT2D eigenvalue weighted by molar-refractivity contribution is 5.79. The van der Waals surface area contributed by atoms with Crippen LogP contribution in [0, 0.1) is 12.8 Å². The summed E-state index contributed by atoms with van der Waals surface area (Å²) in [5, 5.41) is 0. The van der Waals surface area contributed by atoms with Crippen molar-refractivity contribution in [2.75, 3.05) is 20.1 Å². The van der Waals surface area contributed by atoms with E-state index in [0.29, 0.717) is 17.9 Å². The minimum atomic E-state index is 0.316. The summed E-state index contributed by atoms with van der Waals surface area (Å²) in [7, 11) is 2.02. The van der Waals surface area contributed by atoms with Gasteiger partial charge < -0.3 is 4.90 Å². The lowest BCUT2D eigenvalue weighted by molar-refractivity contribution is -0.140. The summed E-state index contributed by atoms with van der Waals surface area (Å²) in [5.41, 5.74) is 2.78. The molecule has 0 radical (unpaired) electrons. The maximum absolute atomic E-state index is 12.5. The highest BCUT2D eigenvalue weighted by Crippen LogP contribution is 2.29. The average Bonchev–Trinajstić information content (AvgIpc) is 2.47. The minimum Gasteiger partial charge on any atom is -0.341 e. The molecule has 1 amide bonds. The van der Waals surface area contributed by atoms with E-state index in [1.807, 2.05) is 11.9 Å². The van der Waals surface area contributed by atoms with Crippen LogP contribution in [0.2, 0.25) is 0 Å². The van der Waals surface area contributed by atoms with Crippen molar-refractivity contribution in [2.45, 2.75) is 51.6 Å². The molecule has 1 aliphatic heterocycles. The van der Waals surface area contributed by atoms with Crippen LogP contribution in [-0.2, 0) is 11.3 Å². The number of rotatable bonds is 4. The molecule has 0 bridgehead atoms. The molecule has 3 nitrogen and oxygen atoms in total. The number of hydrogen-bond donors (Lipinski definition) is 0. The van der Waals surface area contributed by atoms with Crippen molar-refractivity contribution in [1.29, 1.82) is 0 Å². The van der Waals surface area contributed by atoms with Crippen LogP contribution in [0.4, 0.5) is 0 Å². The van der Waals surface area contributed by atoms with Gasteiger partial charge in [0.25, 0.3) is 0 Å². The first-order valence-corrected chi connectivity index (χ1v) is 8.68. The van der Waals surface area contributed by atoms with Gasteiger partial charge in [-0.25, -0.2) is 0 Å². The molecule has 1 aromatic rings. The molecule has 3 rings (SSSR count). The van der Waals surface area contributed by atoms with E-state index in [1.165, 1.54) is 24.0 Å². The summed E-state index contributed by atoms with van der Waals surface area (Å²) in [4.78, 5) is 17.0. The van der Waals surface area contributed by atoms with Crippen molar-refractivity contribution in [3.63, 3.8) is 0 Å². The Balaban J connectivity index is 1.59. The number of aryl methyl sites for hydroxylation is 1. The lowest BCUT2D eigenvalue weighted by atomic mass is 9.84. The predicted molar refractivity (Wildman–Crippen MR) is 89.6 cm³/mol. The van der Waals surface area contributed by atoms with Crippen LogP contribution in [0.15, 0.2) is 24.3 Å². The fraction of sp³-hybridized carbons (Fsp3) is 0.632. The van der Waals surface area contributed by atoms with E-state index in [9.17, 15) is 4.79 Å². The van der Waals surface area contributed by atoms with E-state index in [4.69, 9.17) is 0 Å². The zero-order valence-corrected chi connectivity index (χ0v) is 13.9. The van der Waals surface area contributed by atoms with Crippen LogP contribution in [0.1, 0.15) is 43.2 Å². The summed E-state index contributed by atoms with van der Waals surface area (Å²) >= 11 is 0. The van der Waals surface area contributed by atoms with Crippen LogP contribution in [0.3, 0.4) is 0 Å². The van der Waals surface area contributed by atoms with Crippen LogP contribution in [0.25, 0.3) is 0 Å². The molecule has 120 valence electrons. The van der Waals surface area contributed by atoms with Crippen molar-refractivity contribution in [1.82, 2.24) is 9.80 Å². The molecule has 0 N–H and O–H groups in total. The van der Waals surface area contributed by atoms with E-state index in [1.54, 1.807) is 0 Å². The maximum atomic E-state index is 12.5. The van der Waals surface area contributed by atoms with Gasteiger partial charge in [-0.3, -0.25) is 9.69 Å². The summed E-state index contributed by atoms with van der Waals surface area (Å²) in [6, 6.07) is 9.02. The Morgan fingerprint density at radius 2 is 2.00 bits per heavy atom. The Labute approximate surface area is 134 Å². The number of nitrogens with zero attached hydrogens (tertiary/aromatic N) is 2. The average molecular weight is 300 g/mol. The Hall–Kier alpha value is -1.35. The number of likely N-dealkylation sites (N-methyl/N-ethyl adjacent to an activating group) is 1. The summed E-state index contributed by atoms with van der Waals surface area (Å²) in [5.74, 6) is 0.700. The normalized spacial score (nSPS) is 23.1. The van der Waals surface area contributed by atoms with Crippen LogP contribution in [-0.4, -0.2) is 41.9 Å². The van der Waals surface area contributed by atoms with Gasteiger partial charge in [-0.15, -0.1) is 0 Å². The second-order valence-electron chi connectivity index (χ2n) is 7.03. The monoisotopic (exact) mass is 300 g/mol. The van der Waals surface area contributed by atoms with Gasteiger partial charge in [0.1, 0.15) is 0 Å². The first-order chi connectivity index (χ1) is 10.6. The molecule has 1 aliphatic carbocycles. The molecule has 1 saturated heterocycles. The number of piperidine rings is 1. The number of benzene rings is 1. The quantitative estimate of drug-likeness (QED) is 0.852. The third-order valence-electron chi connectivity index (χ3n) is 5.49. The van der Waals surface area contributed by atoms with E-state index in [-0.39, 0.29) is 0 Å². The molecule has 0 spiro atoms. The second kappa shape index (κ2) is 6.82. The molecule has 1 aromatic carbocycles. The topological polar surface area (TPSA) is 23.6 Å². The predicted octanol–water partition coefficient (Wildman–Crippen LogP) is 3.22. The van der Waals surface area contributed by atoms with E-state index in [2.05, 4.69) is 36.1 Å². The fourth-order valence-electron chi connectivity index (χ4n) is 3.64. The Morgan fingerprint density at radius 3 is 2.68 bits per heavy atom. The van der Waals surface area contributed by atoms with Gasteiger partial charge in [-0.05, 0) is 50.3 Å². The maximum Gasteiger partial charge on any atom is 0.225 e. The van der Waals surface area contributed by atoms with Gasteiger partial charge in [-0.2, -0.15) is 0 Å². The van der Waals surface area contributed by atoms with Crippen LogP contribution < -0.4 is 0 Å². The van der Waals surface area contributed by atoms with Crippen molar-refractivity contribution >= 4 is 5.91 Å². The molecule has 2 fully saturated rings. The highest BCUT2D eigenvalue weighted by atomic mass is 16.2. The smallest absolute Gasteiger partial charge is 0.225 e. The van der Waals surface area contributed by atoms with Crippen LogP contribution in [0.5, 0.6) is 0 Å². The van der Waals surface area contributed by atoms with Crippen molar-refractivity contribution in [3.05, 3.63) is 35.4 Å². The highest BCUT2D eigenvalue weighted by Gasteiger charge is 2.32. The SMILES string of the molecule is Cc1ccccc1CN1CCCC(N(C)C(=O)C2CCC2)C1. The molecule has 0 aromatic heterocycles. The van der Waals surface area contributed by atoms with Crippen molar-refractivity contribution in [3.8, 4) is 0 Å². The Kier molecular flexibility index (Phi) is 4.82. The molecule has 2 aliphatic rings. The van der Waals surface area contributed by atoms with Crippen molar-refractivity contribution in [2.24, 2.45) is 5.92 Å². The van der Waals surface area contributed by atoms with E-state index < -0.39 is 0 Å². The Bertz CT molecular complexity index is 524. The summed E-state index contributed by atoms with van der Waals surface area (Å²) in [6.07, 6.45) is 5.78. The number of amides is 1. The Morgan fingerprint density at radius 1 is 1.23 bits per heavy atom. The van der Waals surface area contributed by atoms with Gasteiger partial charge in [0.2, 0.25) is 5.91 Å². The summed E-state index contributed by atoms with van der Waals surface area (Å²) in [6.45, 7) is 5.36. The zero-order valence-electron chi connectivity index (χ0n) is 13.9. The van der Waals surface area contributed by atoms with E-state index >= 15 is 0 Å². The van der Waals surface area contributed by atoms with Gasteiger partial charge in [0, 0.05) is 32.1 Å². The largest absolute Gasteiger partial charge is 0.341 e. The van der Waals surface area contributed by atoms with Gasteiger partial charge in [-0.1, -0.05) is 30.7 Å². The molecular weight excluding hydrogens is 272 g/mol.